The lowest BCUT2D eigenvalue weighted by Gasteiger charge is -2.21. The second kappa shape index (κ2) is 23.8. The first-order chi connectivity index (χ1) is 14.3. The van der Waals surface area contributed by atoms with Crippen LogP contribution in [0.4, 0.5) is 0 Å². The van der Waals surface area contributed by atoms with Crippen LogP contribution in [0.25, 0.3) is 0 Å². The van der Waals surface area contributed by atoms with E-state index >= 15 is 0 Å². The molecule has 0 amide bonds. The van der Waals surface area contributed by atoms with Gasteiger partial charge in [-0.15, -0.1) is 0 Å². The molecule has 0 fully saturated rings. The maximum Gasteiger partial charge on any atom is 0.104 e. The highest BCUT2D eigenvalue weighted by atomic mass is 16.6. The van der Waals surface area contributed by atoms with Gasteiger partial charge in [-0.3, -0.25) is 0 Å². The third-order valence-electron chi connectivity index (χ3n) is 3.43. The third-order valence-corrected chi connectivity index (χ3v) is 3.43. The van der Waals surface area contributed by atoms with Crippen LogP contribution in [-0.4, -0.2) is 118 Å². The summed E-state index contributed by atoms with van der Waals surface area (Å²) in [5.41, 5.74) is 21.8. The predicted octanol–water partition coefficient (Wildman–Crippen LogP) is -2.33. The quantitative estimate of drug-likeness (QED) is 0.122. The summed E-state index contributed by atoms with van der Waals surface area (Å²) in [5, 5.41) is 0. The first-order valence-electron chi connectivity index (χ1n) is 10.2. The van der Waals surface area contributed by atoms with E-state index in [1.807, 2.05) is 0 Å². The van der Waals surface area contributed by atoms with Gasteiger partial charge in [0.05, 0.1) is 79.3 Å². The zero-order valence-electron chi connectivity index (χ0n) is 17.6. The molecule has 0 aliphatic carbocycles. The molecule has 0 rings (SSSR count). The molecular formula is C18H42N4O7. The summed E-state index contributed by atoms with van der Waals surface area (Å²) in [4.78, 5) is 0. The summed E-state index contributed by atoms with van der Waals surface area (Å²) in [6.07, 6.45) is -0.456. The smallest absolute Gasteiger partial charge is 0.104 e. The van der Waals surface area contributed by atoms with Crippen molar-refractivity contribution in [2.75, 3.05) is 105 Å². The minimum atomic E-state index is -0.228. The van der Waals surface area contributed by atoms with Crippen molar-refractivity contribution in [3.63, 3.8) is 0 Å². The zero-order valence-corrected chi connectivity index (χ0v) is 17.6. The number of nitrogens with two attached hydrogens (primary N) is 4. The maximum absolute atomic E-state index is 5.76. The molecule has 8 N–H and O–H groups in total. The van der Waals surface area contributed by atoms with Crippen LogP contribution in [0, 0.1) is 0 Å². The molecule has 11 nitrogen and oxygen atoms in total. The van der Waals surface area contributed by atoms with Crippen LogP contribution in [0.2, 0.25) is 0 Å². The lowest BCUT2D eigenvalue weighted by Crippen LogP contribution is -2.33. The van der Waals surface area contributed by atoms with Gasteiger partial charge in [-0.1, -0.05) is 0 Å². The van der Waals surface area contributed by atoms with Gasteiger partial charge >= 0.3 is 0 Å². The molecular weight excluding hydrogens is 384 g/mol. The van der Waals surface area contributed by atoms with Gasteiger partial charge in [0.25, 0.3) is 0 Å². The second-order valence-electron chi connectivity index (χ2n) is 6.05. The Bertz CT molecular complexity index is 292. The lowest BCUT2D eigenvalue weighted by molar-refractivity contribution is -0.0973. The molecule has 0 aliphatic rings. The highest BCUT2D eigenvalue weighted by Gasteiger charge is 2.14. The third kappa shape index (κ3) is 20.6. The molecule has 0 aromatic carbocycles. The summed E-state index contributed by atoms with van der Waals surface area (Å²) >= 11 is 0. The van der Waals surface area contributed by atoms with Crippen molar-refractivity contribution in [3.8, 4) is 0 Å². The number of rotatable bonds is 24. The molecule has 0 saturated carbocycles. The van der Waals surface area contributed by atoms with E-state index in [1.54, 1.807) is 0 Å². The van der Waals surface area contributed by atoms with Crippen LogP contribution in [-0.2, 0) is 33.2 Å². The first-order valence-corrected chi connectivity index (χ1v) is 10.2. The van der Waals surface area contributed by atoms with Crippen molar-refractivity contribution in [2.45, 2.75) is 12.2 Å². The Morgan fingerprint density at radius 2 is 0.724 bits per heavy atom. The van der Waals surface area contributed by atoms with Gasteiger partial charge in [0, 0.05) is 26.2 Å². The van der Waals surface area contributed by atoms with E-state index in [9.17, 15) is 0 Å². The molecule has 176 valence electrons. The van der Waals surface area contributed by atoms with Crippen molar-refractivity contribution in [2.24, 2.45) is 22.9 Å². The van der Waals surface area contributed by atoms with Crippen LogP contribution in [0.15, 0.2) is 0 Å². The van der Waals surface area contributed by atoms with Crippen LogP contribution in [0.3, 0.4) is 0 Å². The van der Waals surface area contributed by atoms with E-state index in [4.69, 9.17) is 56.1 Å². The summed E-state index contributed by atoms with van der Waals surface area (Å²) in [5.74, 6) is 0. The fourth-order valence-corrected chi connectivity index (χ4v) is 2.13. The normalized spacial score (nSPS) is 13.7. The van der Waals surface area contributed by atoms with Crippen LogP contribution in [0.5, 0.6) is 0 Å². The Morgan fingerprint density at radius 1 is 0.379 bits per heavy atom. The Kier molecular flexibility index (Phi) is 23.5. The van der Waals surface area contributed by atoms with Crippen LogP contribution in [0.1, 0.15) is 0 Å². The van der Waals surface area contributed by atoms with E-state index in [-0.39, 0.29) is 12.2 Å². The van der Waals surface area contributed by atoms with E-state index in [0.717, 1.165) is 0 Å². The fraction of sp³-hybridized carbons (Fsp3) is 1.00. The zero-order chi connectivity index (χ0) is 21.4. The van der Waals surface area contributed by atoms with Crippen molar-refractivity contribution in [1.29, 1.82) is 0 Å². The molecule has 29 heavy (non-hydrogen) atoms. The number of ether oxygens (including phenoxy) is 7. The molecule has 0 spiro atoms. The highest BCUT2D eigenvalue weighted by Crippen LogP contribution is 2.00. The Labute approximate surface area is 174 Å². The topological polar surface area (TPSA) is 169 Å². The standard InChI is InChI=1S/C18H42N4O7/c19-1-5-23-9-11-25-13-17(28-7-3-21)15-27-16-18(29-8-4-22)14-26-12-10-24-6-2-20/h17-18H,1-16,19-22H2. The van der Waals surface area contributed by atoms with Crippen molar-refractivity contribution >= 4 is 0 Å². The Balaban J connectivity index is 4.06. The minimum absolute atomic E-state index is 0.228. The molecule has 0 aliphatic heterocycles. The van der Waals surface area contributed by atoms with Gasteiger partial charge < -0.3 is 56.1 Å². The number of hydrogen-bond donors (Lipinski definition) is 4. The lowest BCUT2D eigenvalue weighted by atomic mass is 10.3. The Morgan fingerprint density at radius 3 is 1.10 bits per heavy atom. The SMILES string of the molecule is NCCOCCOCC(COCC(COCCOCCN)OCCN)OCCN. The Hall–Kier alpha value is -0.440. The molecule has 0 bridgehead atoms. The molecule has 2 unspecified atom stereocenters. The average molecular weight is 427 g/mol. The summed E-state index contributed by atoms with van der Waals surface area (Å²) in [7, 11) is 0. The van der Waals surface area contributed by atoms with Crippen molar-refractivity contribution < 1.29 is 33.2 Å². The van der Waals surface area contributed by atoms with Gasteiger partial charge in [0.15, 0.2) is 0 Å². The van der Waals surface area contributed by atoms with E-state index in [0.29, 0.717) is 105 Å². The predicted molar refractivity (Wildman–Crippen MR) is 110 cm³/mol. The van der Waals surface area contributed by atoms with E-state index < -0.39 is 0 Å². The highest BCUT2D eigenvalue weighted by molar-refractivity contribution is 4.60. The molecule has 0 aromatic rings. The van der Waals surface area contributed by atoms with Crippen molar-refractivity contribution in [1.82, 2.24) is 0 Å². The van der Waals surface area contributed by atoms with E-state index in [1.165, 1.54) is 0 Å². The molecule has 11 heteroatoms. The van der Waals surface area contributed by atoms with E-state index in [2.05, 4.69) is 0 Å². The minimum Gasteiger partial charge on any atom is -0.378 e. The molecule has 0 radical (unpaired) electrons. The van der Waals surface area contributed by atoms with Crippen LogP contribution < -0.4 is 22.9 Å². The van der Waals surface area contributed by atoms with Gasteiger partial charge in [0.2, 0.25) is 0 Å². The van der Waals surface area contributed by atoms with Crippen LogP contribution >= 0.6 is 0 Å². The monoisotopic (exact) mass is 426 g/mol. The molecule has 0 heterocycles. The molecule has 0 saturated heterocycles. The number of hydrogen-bond acceptors (Lipinski definition) is 11. The average Bonchev–Trinajstić information content (AvgIpc) is 2.73. The van der Waals surface area contributed by atoms with Gasteiger partial charge in [-0.25, -0.2) is 0 Å². The fourth-order valence-electron chi connectivity index (χ4n) is 2.13. The summed E-state index contributed by atoms with van der Waals surface area (Å²) < 4.78 is 38.7. The molecule has 2 atom stereocenters. The molecule has 0 aromatic heterocycles. The van der Waals surface area contributed by atoms with Gasteiger partial charge in [0.1, 0.15) is 12.2 Å². The van der Waals surface area contributed by atoms with Gasteiger partial charge in [-0.05, 0) is 0 Å². The van der Waals surface area contributed by atoms with Crippen molar-refractivity contribution in [3.05, 3.63) is 0 Å². The maximum atomic E-state index is 5.76. The first kappa shape index (κ1) is 28.6. The summed E-state index contributed by atoms with van der Waals surface area (Å²) in [6.45, 7) is 7.12. The largest absolute Gasteiger partial charge is 0.378 e. The summed E-state index contributed by atoms with van der Waals surface area (Å²) in [6, 6.07) is 0. The van der Waals surface area contributed by atoms with Gasteiger partial charge in [-0.2, -0.15) is 0 Å². The second-order valence-corrected chi connectivity index (χ2v) is 6.05.